The molecular formula is C14H17N3O2. The lowest BCUT2D eigenvalue weighted by Gasteiger charge is -2.14. The molecule has 1 aromatic carbocycles. The topological polar surface area (TPSA) is 56.3 Å². The minimum atomic E-state index is -0.284. The van der Waals surface area contributed by atoms with E-state index in [1.54, 1.807) is 26.6 Å². The van der Waals surface area contributed by atoms with Gasteiger partial charge in [-0.1, -0.05) is 30.3 Å². The van der Waals surface area contributed by atoms with Gasteiger partial charge in [0.1, 0.15) is 0 Å². The lowest BCUT2D eigenvalue weighted by atomic mass is 10.2. The number of hydrogen-bond acceptors (Lipinski definition) is 5. The van der Waals surface area contributed by atoms with Crippen LogP contribution in [0.2, 0.25) is 0 Å². The average Bonchev–Trinajstić information content (AvgIpc) is 2.50. The van der Waals surface area contributed by atoms with Crippen LogP contribution < -0.4 is 5.32 Å². The Morgan fingerprint density at radius 1 is 1.05 bits per heavy atom. The zero-order valence-corrected chi connectivity index (χ0v) is 11.0. The molecule has 0 aliphatic carbocycles. The zero-order chi connectivity index (χ0) is 13.5. The molecule has 5 nitrogen and oxygen atoms in total. The molecule has 0 spiro atoms. The molecule has 5 heteroatoms. The van der Waals surface area contributed by atoms with E-state index in [9.17, 15) is 0 Å². The molecule has 0 amide bonds. The minimum Gasteiger partial charge on any atom is -0.377 e. The molecule has 0 bridgehead atoms. The molecule has 0 saturated heterocycles. The Morgan fingerprint density at radius 3 is 2.26 bits per heavy atom. The average molecular weight is 259 g/mol. The SMILES string of the molecule is COC(CNc1cnc(-c2ccccc2)nc1)OC. The first kappa shape index (κ1) is 13.5. The van der Waals surface area contributed by atoms with E-state index in [4.69, 9.17) is 9.47 Å². The van der Waals surface area contributed by atoms with E-state index in [1.165, 1.54) is 0 Å². The molecule has 1 heterocycles. The monoisotopic (exact) mass is 259 g/mol. The van der Waals surface area contributed by atoms with Crippen molar-refractivity contribution < 1.29 is 9.47 Å². The molecule has 0 aliphatic heterocycles. The van der Waals surface area contributed by atoms with E-state index in [1.807, 2.05) is 30.3 Å². The summed E-state index contributed by atoms with van der Waals surface area (Å²) in [7, 11) is 3.20. The molecule has 0 unspecified atom stereocenters. The molecule has 0 aliphatic rings. The highest BCUT2D eigenvalue weighted by Crippen LogP contribution is 2.14. The van der Waals surface area contributed by atoms with Gasteiger partial charge in [0.15, 0.2) is 12.1 Å². The third-order valence-electron chi connectivity index (χ3n) is 2.68. The fourth-order valence-electron chi connectivity index (χ4n) is 1.62. The van der Waals surface area contributed by atoms with E-state index >= 15 is 0 Å². The van der Waals surface area contributed by atoms with Gasteiger partial charge in [0.05, 0.1) is 24.6 Å². The van der Waals surface area contributed by atoms with Crippen molar-refractivity contribution in [1.82, 2.24) is 9.97 Å². The predicted octanol–water partition coefficient (Wildman–Crippen LogP) is 2.17. The third-order valence-corrected chi connectivity index (χ3v) is 2.68. The van der Waals surface area contributed by atoms with Gasteiger partial charge in [-0.3, -0.25) is 0 Å². The molecular weight excluding hydrogens is 242 g/mol. The Labute approximate surface area is 112 Å². The summed E-state index contributed by atoms with van der Waals surface area (Å²) >= 11 is 0. The van der Waals surface area contributed by atoms with Crippen LogP contribution in [0.25, 0.3) is 11.4 Å². The van der Waals surface area contributed by atoms with E-state index in [2.05, 4.69) is 15.3 Å². The van der Waals surface area contributed by atoms with Crippen LogP contribution in [0, 0.1) is 0 Å². The standard InChI is InChI=1S/C14H17N3O2/c1-18-13(19-2)10-15-12-8-16-14(17-9-12)11-6-4-3-5-7-11/h3-9,13,15H,10H2,1-2H3. The Kier molecular flexibility index (Phi) is 4.83. The summed E-state index contributed by atoms with van der Waals surface area (Å²) in [6, 6.07) is 9.86. The lowest BCUT2D eigenvalue weighted by Crippen LogP contribution is -2.23. The number of aromatic nitrogens is 2. The number of anilines is 1. The highest BCUT2D eigenvalue weighted by atomic mass is 16.7. The zero-order valence-electron chi connectivity index (χ0n) is 11.0. The molecule has 0 saturated carbocycles. The highest BCUT2D eigenvalue weighted by Gasteiger charge is 2.05. The summed E-state index contributed by atoms with van der Waals surface area (Å²) in [5.74, 6) is 0.709. The van der Waals surface area contributed by atoms with Crippen LogP contribution in [0.5, 0.6) is 0 Å². The van der Waals surface area contributed by atoms with E-state index < -0.39 is 0 Å². The maximum atomic E-state index is 5.09. The number of rotatable bonds is 6. The maximum Gasteiger partial charge on any atom is 0.173 e. The van der Waals surface area contributed by atoms with Crippen LogP contribution in [-0.2, 0) is 9.47 Å². The summed E-state index contributed by atoms with van der Waals surface area (Å²) < 4.78 is 10.2. The van der Waals surface area contributed by atoms with Crippen molar-refractivity contribution in [3.8, 4) is 11.4 Å². The first-order valence-corrected chi connectivity index (χ1v) is 6.00. The quantitative estimate of drug-likeness (QED) is 0.806. The number of ether oxygens (including phenoxy) is 2. The Morgan fingerprint density at radius 2 is 1.68 bits per heavy atom. The number of hydrogen-bond donors (Lipinski definition) is 1. The second-order valence-electron chi connectivity index (χ2n) is 3.94. The molecule has 2 aromatic rings. The summed E-state index contributed by atoms with van der Waals surface area (Å²) in [5.41, 5.74) is 1.83. The molecule has 0 atom stereocenters. The number of nitrogens with zero attached hydrogens (tertiary/aromatic N) is 2. The fraction of sp³-hybridized carbons (Fsp3) is 0.286. The Bertz CT molecular complexity index is 484. The smallest absolute Gasteiger partial charge is 0.173 e. The molecule has 19 heavy (non-hydrogen) atoms. The Hall–Kier alpha value is -1.98. The number of methoxy groups -OCH3 is 2. The van der Waals surface area contributed by atoms with E-state index in [0.717, 1.165) is 11.3 Å². The van der Waals surface area contributed by atoms with Gasteiger partial charge in [-0.2, -0.15) is 0 Å². The van der Waals surface area contributed by atoms with Crippen molar-refractivity contribution in [2.75, 3.05) is 26.1 Å². The van der Waals surface area contributed by atoms with Gasteiger partial charge < -0.3 is 14.8 Å². The van der Waals surface area contributed by atoms with Gasteiger partial charge in [-0.25, -0.2) is 9.97 Å². The molecule has 1 aromatic heterocycles. The van der Waals surface area contributed by atoms with Crippen LogP contribution in [-0.4, -0.2) is 37.0 Å². The van der Waals surface area contributed by atoms with Gasteiger partial charge in [-0.05, 0) is 0 Å². The second kappa shape index (κ2) is 6.82. The molecule has 100 valence electrons. The predicted molar refractivity (Wildman–Crippen MR) is 73.8 cm³/mol. The van der Waals surface area contributed by atoms with E-state index in [-0.39, 0.29) is 6.29 Å². The second-order valence-corrected chi connectivity index (χ2v) is 3.94. The van der Waals surface area contributed by atoms with Crippen molar-refractivity contribution in [3.05, 3.63) is 42.7 Å². The summed E-state index contributed by atoms with van der Waals surface area (Å²) in [4.78, 5) is 8.65. The van der Waals surface area contributed by atoms with Gasteiger partial charge in [0.2, 0.25) is 0 Å². The summed E-state index contributed by atoms with van der Waals surface area (Å²) in [6.45, 7) is 0.543. The summed E-state index contributed by atoms with van der Waals surface area (Å²) in [5, 5.41) is 3.15. The van der Waals surface area contributed by atoms with Crippen molar-refractivity contribution in [3.63, 3.8) is 0 Å². The first-order chi connectivity index (χ1) is 9.33. The van der Waals surface area contributed by atoms with Crippen LogP contribution in [0.4, 0.5) is 5.69 Å². The third kappa shape index (κ3) is 3.74. The van der Waals surface area contributed by atoms with E-state index in [0.29, 0.717) is 12.4 Å². The largest absolute Gasteiger partial charge is 0.377 e. The van der Waals surface area contributed by atoms with Crippen molar-refractivity contribution in [2.24, 2.45) is 0 Å². The number of nitrogens with one attached hydrogen (secondary N) is 1. The van der Waals surface area contributed by atoms with Crippen LogP contribution in [0.1, 0.15) is 0 Å². The van der Waals surface area contributed by atoms with Crippen LogP contribution >= 0.6 is 0 Å². The van der Waals surface area contributed by atoms with Crippen LogP contribution in [0.3, 0.4) is 0 Å². The first-order valence-electron chi connectivity index (χ1n) is 6.00. The van der Waals surface area contributed by atoms with Gasteiger partial charge in [0, 0.05) is 19.8 Å². The normalized spacial score (nSPS) is 10.7. The van der Waals surface area contributed by atoms with Crippen molar-refractivity contribution in [2.45, 2.75) is 6.29 Å². The maximum absolute atomic E-state index is 5.09. The van der Waals surface area contributed by atoms with Crippen molar-refractivity contribution in [1.29, 1.82) is 0 Å². The molecule has 0 radical (unpaired) electrons. The lowest BCUT2D eigenvalue weighted by molar-refractivity contribution is -0.0914. The number of benzene rings is 1. The van der Waals surface area contributed by atoms with Gasteiger partial charge in [-0.15, -0.1) is 0 Å². The van der Waals surface area contributed by atoms with Gasteiger partial charge in [0.25, 0.3) is 0 Å². The highest BCUT2D eigenvalue weighted by molar-refractivity contribution is 5.55. The molecule has 1 N–H and O–H groups in total. The fourth-order valence-corrected chi connectivity index (χ4v) is 1.62. The molecule has 0 fully saturated rings. The van der Waals surface area contributed by atoms with Crippen LogP contribution in [0.15, 0.2) is 42.7 Å². The Balaban J connectivity index is 1.99. The minimum absolute atomic E-state index is 0.284. The van der Waals surface area contributed by atoms with Gasteiger partial charge >= 0.3 is 0 Å². The molecule has 2 rings (SSSR count). The summed E-state index contributed by atoms with van der Waals surface area (Å²) in [6.07, 6.45) is 3.21. The van der Waals surface area contributed by atoms with Crippen molar-refractivity contribution >= 4 is 5.69 Å².